The minimum atomic E-state index is -1.04. The second kappa shape index (κ2) is 5.86. The lowest BCUT2D eigenvalue weighted by molar-refractivity contribution is -0.148. The van der Waals surface area contributed by atoms with Gasteiger partial charge in [0.15, 0.2) is 0 Å². The van der Waals surface area contributed by atoms with Gasteiger partial charge in [-0.05, 0) is 25.7 Å². The molecule has 1 saturated carbocycles. The quantitative estimate of drug-likeness (QED) is 0.673. The first-order valence-electron chi connectivity index (χ1n) is 5.77. The van der Waals surface area contributed by atoms with Crippen molar-refractivity contribution in [3.63, 3.8) is 0 Å². The van der Waals surface area contributed by atoms with Crippen LogP contribution in [-0.4, -0.2) is 54.9 Å². The number of hydrogen-bond acceptors (Lipinski definition) is 3. The van der Waals surface area contributed by atoms with Crippen molar-refractivity contribution in [1.29, 1.82) is 0 Å². The molecule has 0 bridgehead atoms. The molecule has 1 rings (SSSR count). The average molecular weight is 244 g/mol. The summed E-state index contributed by atoms with van der Waals surface area (Å²) in [5.74, 6) is -0.942. The average Bonchev–Trinajstić information content (AvgIpc) is 2.22. The number of ether oxygens (including phenoxy) is 1. The van der Waals surface area contributed by atoms with E-state index >= 15 is 0 Å². The van der Waals surface area contributed by atoms with Crippen molar-refractivity contribution >= 4 is 12.0 Å². The third kappa shape index (κ3) is 3.33. The summed E-state index contributed by atoms with van der Waals surface area (Å²) in [4.78, 5) is 24.3. The van der Waals surface area contributed by atoms with Crippen LogP contribution in [0, 0.1) is 0 Å². The Hall–Kier alpha value is -1.30. The van der Waals surface area contributed by atoms with E-state index in [1.54, 1.807) is 14.2 Å². The van der Waals surface area contributed by atoms with Gasteiger partial charge in [-0.15, -0.1) is 0 Å². The molecule has 6 nitrogen and oxygen atoms in total. The smallest absolute Gasteiger partial charge is 0.329 e. The maximum absolute atomic E-state index is 11.8. The fourth-order valence-electron chi connectivity index (χ4n) is 1.77. The molecule has 0 atom stereocenters. The van der Waals surface area contributed by atoms with E-state index < -0.39 is 11.5 Å². The van der Waals surface area contributed by atoms with Crippen molar-refractivity contribution in [3.05, 3.63) is 0 Å². The summed E-state index contributed by atoms with van der Waals surface area (Å²) in [6, 6.07) is -0.330. The van der Waals surface area contributed by atoms with E-state index in [4.69, 9.17) is 9.84 Å². The first-order chi connectivity index (χ1) is 8.02. The van der Waals surface area contributed by atoms with Gasteiger partial charge < -0.3 is 20.1 Å². The molecule has 0 radical (unpaired) electrons. The van der Waals surface area contributed by atoms with E-state index in [1.165, 1.54) is 4.90 Å². The van der Waals surface area contributed by atoms with Crippen molar-refractivity contribution in [2.45, 2.75) is 31.2 Å². The third-order valence-corrected chi connectivity index (χ3v) is 3.15. The standard InChI is InChI=1S/C11H20N2O4/c1-13(7-4-8-17-2)10(16)12-11(9(14)15)5-3-6-11/h3-8H2,1-2H3,(H,12,16)(H,14,15). The minimum Gasteiger partial charge on any atom is -0.480 e. The molecule has 1 aliphatic carbocycles. The maximum Gasteiger partial charge on any atom is 0.329 e. The normalized spacial score (nSPS) is 17.1. The van der Waals surface area contributed by atoms with Gasteiger partial charge in [0.1, 0.15) is 5.54 Å². The Morgan fingerprint density at radius 2 is 2.12 bits per heavy atom. The molecule has 2 N–H and O–H groups in total. The van der Waals surface area contributed by atoms with Crippen LogP contribution in [0.2, 0.25) is 0 Å². The van der Waals surface area contributed by atoms with Gasteiger partial charge in [0.2, 0.25) is 0 Å². The molecule has 0 spiro atoms. The highest BCUT2D eigenvalue weighted by atomic mass is 16.5. The van der Waals surface area contributed by atoms with E-state index in [0.717, 1.165) is 12.8 Å². The molecule has 0 aromatic carbocycles. The van der Waals surface area contributed by atoms with Crippen LogP contribution in [0.1, 0.15) is 25.7 Å². The van der Waals surface area contributed by atoms with Crippen molar-refractivity contribution in [2.24, 2.45) is 0 Å². The fourth-order valence-corrected chi connectivity index (χ4v) is 1.77. The van der Waals surface area contributed by atoms with Crippen LogP contribution in [0.15, 0.2) is 0 Å². The predicted octanol–water partition coefficient (Wildman–Crippen LogP) is 0.672. The second-order valence-electron chi connectivity index (χ2n) is 4.44. The molecule has 0 aromatic rings. The summed E-state index contributed by atoms with van der Waals surface area (Å²) >= 11 is 0. The van der Waals surface area contributed by atoms with Crippen LogP contribution in [0.3, 0.4) is 0 Å². The van der Waals surface area contributed by atoms with Crippen LogP contribution in [-0.2, 0) is 9.53 Å². The predicted molar refractivity (Wildman–Crippen MR) is 61.9 cm³/mol. The molecule has 1 aliphatic rings. The van der Waals surface area contributed by atoms with Crippen molar-refractivity contribution in [3.8, 4) is 0 Å². The summed E-state index contributed by atoms with van der Waals surface area (Å²) in [7, 11) is 3.26. The summed E-state index contributed by atoms with van der Waals surface area (Å²) in [5, 5.41) is 11.7. The van der Waals surface area contributed by atoms with Gasteiger partial charge in [0.25, 0.3) is 0 Å². The highest BCUT2D eigenvalue weighted by Gasteiger charge is 2.46. The Labute approximate surface area is 101 Å². The molecule has 0 heterocycles. The van der Waals surface area contributed by atoms with Crippen LogP contribution in [0.4, 0.5) is 4.79 Å². The topological polar surface area (TPSA) is 78.9 Å². The van der Waals surface area contributed by atoms with Crippen LogP contribution >= 0.6 is 0 Å². The Balaban J connectivity index is 2.39. The van der Waals surface area contributed by atoms with Gasteiger partial charge >= 0.3 is 12.0 Å². The van der Waals surface area contributed by atoms with E-state index in [0.29, 0.717) is 26.0 Å². The molecule has 6 heteroatoms. The maximum atomic E-state index is 11.8. The lowest BCUT2D eigenvalue weighted by Crippen LogP contribution is -2.61. The van der Waals surface area contributed by atoms with Crippen LogP contribution in [0.5, 0.6) is 0 Å². The van der Waals surface area contributed by atoms with Gasteiger partial charge in [0.05, 0.1) is 0 Å². The number of methoxy groups -OCH3 is 1. The number of amides is 2. The zero-order valence-corrected chi connectivity index (χ0v) is 10.4. The highest BCUT2D eigenvalue weighted by molar-refractivity contribution is 5.87. The number of carbonyl (C=O) groups excluding carboxylic acids is 1. The number of carboxylic acid groups (broad SMARTS) is 1. The molecular weight excluding hydrogens is 224 g/mol. The molecule has 17 heavy (non-hydrogen) atoms. The summed E-state index contributed by atoms with van der Waals surface area (Å²) < 4.78 is 4.89. The minimum absolute atomic E-state index is 0.330. The first kappa shape index (κ1) is 13.8. The molecule has 1 fully saturated rings. The van der Waals surface area contributed by atoms with E-state index in [1.807, 2.05) is 0 Å². The largest absolute Gasteiger partial charge is 0.480 e. The number of carbonyl (C=O) groups is 2. The van der Waals surface area contributed by atoms with Gasteiger partial charge in [-0.1, -0.05) is 0 Å². The van der Waals surface area contributed by atoms with Crippen molar-refractivity contribution in [1.82, 2.24) is 10.2 Å². The van der Waals surface area contributed by atoms with Crippen LogP contribution in [0.25, 0.3) is 0 Å². The second-order valence-corrected chi connectivity index (χ2v) is 4.44. The molecular formula is C11H20N2O4. The molecule has 2 amide bonds. The van der Waals surface area contributed by atoms with Crippen LogP contribution < -0.4 is 5.32 Å². The molecule has 0 aliphatic heterocycles. The summed E-state index contributed by atoms with van der Waals surface area (Å²) in [5.41, 5.74) is -1.04. The first-order valence-corrected chi connectivity index (χ1v) is 5.77. The number of carboxylic acids is 1. The third-order valence-electron chi connectivity index (χ3n) is 3.15. The zero-order valence-electron chi connectivity index (χ0n) is 10.4. The van der Waals surface area contributed by atoms with E-state index in [9.17, 15) is 9.59 Å². The number of nitrogens with one attached hydrogen (secondary N) is 1. The number of rotatable bonds is 6. The number of urea groups is 1. The van der Waals surface area contributed by atoms with Crippen molar-refractivity contribution < 1.29 is 19.4 Å². The Bertz CT molecular complexity index is 289. The van der Waals surface area contributed by atoms with Gasteiger partial charge in [-0.3, -0.25) is 0 Å². The SMILES string of the molecule is COCCCN(C)C(=O)NC1(C(=O)O)CCC1. The van der Waals surface area contributed by atoms with Gasteiger partial charge in [-0.25, -0.2) is 9.59 Å². The van der Waals surface area contributed by atoms with E-state index in [-0.39, 0.29) is 6.03 Å². The lowest BCUT2D eigenvalue weighted by Gasteiger charge is -2.39. The molecule has 0 saturated heterocycles. The zero-order chi connectivity index (χ0) is 12.9. The monoisotopic (exact) mass is 244 g/mol. The fraction of sp³-hybridized carbons (Fsp3) is 0.818. The van der Waals surface area contributed by atoms with Gasteiger partial charge in [-0.2, -0.15) is 0 Å². The Morgan fingerprint density at radius 1 is 1.47 bits per heavy atom. The number of hydrogen-bond donors (Lipinski definition) is 2. The Morgan fingerprint density at radius 3 is 2.53 bits per heavy atom. The summed E-state index contributed by atoms with van der Waals surface area (Å²) in [6.07, 6.45) is 2.61. The molecule has 0 unspecified atom stereocenters. The van der Waals surface area contributed by atoms with Gasteiger partial charge in [0, 0.05) is 27.3 Å². The Kier molecular flexibility index (Phi) is 4.74. The number of nitrogens with zero attached hydrogens (tertiary/aromatic N) is 1. The van der Waals surface area contributed by atoms with E-state index in [2.05, 4.69) is 5.32 Å². The highest BCUT2D eigenvalue weighted by Crippen LogP contribution is 2.32. The molecule has 0 aromatic heterocycles. The summed E-state index contributed by atoms with van der Waals surface area (Å²) in [6.45, 7) is 1.14. The number of aliphatic carboxylic acids is 1. The van der Waals surface area contributed by atoms with Crippen molar-refractivity contribution in [2.75, 3.05) is 27.3 Å². The lowest BCUT2D eigenvalue weighted by atomic mass is 9.77. The molecule has 98 valence electrons.